The lowest BCUT2D eigenvalue weighted by Gasteiger charge is -2.10. The number of aliphatic hydroxyl groups is 1. The molecule has 2 aromatic heterocycles. The molecule has 9 heteroatoms. The van der Waals surface area contributed by atoms with Crippen LogP contribution in [0.5, 0.6) is 0 Å². The Hall–Kier alpha value is -2.26. The van der Waals surface area contributed by atoms with Gasteiger partial charge in [0.25, 0.3) is 0 Å². The Kier molecular flexibility index (Phi) is 4.66. The largest absolute Gasteiger partial charge is 0.387 e. The Balaban J connectivity index is 1.88. The van der Waals surface area contributed by atoms with Crippen molar-refractivity contribution in [2.24, 2.45) is 0 Å². The van der Waals surface area contributed by atoms with E-state index in [0.717, 1.165) is 5.56 Å². The van der Waals surface area contributed by atoms with E-state index in [2.05, 4.69) is 10.3 Å². The van der Waals surface area contributed by atoms with E-state index < -0.39 is 11.0 Å². The number of nitrogens with one attached hydrogen (secondary N) is 1. The van der Waals surface area contributed by atoms with Crippen molar-refractivity contribution >= 4 is 23.1 Å². The van der Waals surface area contributed by atoms with Crippen LogP contribution in [0.4, 0.5) is 5.82 Å². The van der Waals surface area contributed by atoms with Crippen LogP contribution in [0.2, 0.25) is 0 Å². The molecule has 2 rings (SSSR count). The number of aryl methyl sites for hydroxylation is 1. The molecule has 2 heterocycles. The van der Waals surface area contributed by atoms with Gasteiger partial charge in [0.05, 0.1) is 6.10 Å². The molecule has 2 aromatic rings. The molecule has 0 bridgehead atoms. The summed E-state index contributed by atoms with van der Waals surface area (Å²) in [6, 6.07) is 1.78. The number of imidazole rings is 1. The standard InChI is InChI=1S/C12H14N4O4S/c1-8-14-11(16(19)20)5-15(8)6-12(18)13-4-10(17)9-2-3-21-7-9/h2-3,5,7,10,17H,4,6H2,1H3,(H,13,18). The summed E-state index contributed by atoms with van der Waals surface area (Å²) in [6.07, 6.45) is 0.447. The Morgan fingerprint density at radius 2 is 2.43 bits per heavy atom. The lowest BCUT2D eigenvalue weighted by Crippen LogP contribution is -2.31. The van der Waals surface area contributed by atoms with E-state index >= 15 is 0 Å². The summed E-state index contributed by atoms with van der Waals surface area (Å²) in [5.74, 6) is -0.256. The maximum absolute atomic E-state index is 11.8. The summed E-state index contributed by atoms with van der Waals surface area (Å²) in [7, 11) is 0. The van der Waals surface area contributed by atoms with Crippen molar-refractivity contribution in [3.63, 3.8) is 0 Å². The Labute approximate surface area is 124 Å². The van der Waals surface area contributed by atoms with Gasteiger partial charge in [-0.15, -0.1) is 0 Å². The predicted octanol–water partition coefficient (Wildman–Crippen LogP) is 1.01. The van der Waals surface area contributed by atoms with Crippen molar-refractivity contribution in [1.29, 1.82) is 0 Å². The minimum Gasteiger partial charge on any atom is -0.387 e. The molecule has 0 radical (unpaired) electrons. The second-order valence-electron chi connectivity index (χ2n) is 4.41. The molecule has 112 valence electrons. The fraction of sp³-hybridized carbons (Fsp3) is 0.333. The first kappa shape index (κ1) is 15.1. The molecule has 1 atom stereocenters. The SMILES string of the molecule is Cc1nc([N+](=O)[O-])cn1CC(=O)NCC(O)c1ccsc1. The molecule has 0 aromatic carbocycles. The summed E-state index contributed by atoms with van der Waals surface area (Å²) in [4.78, 5) is 25.5. The summed E-state index contributed by atoms with van der Waals surface area (Å²) in [5.41, 5.74) is 0.745. The number of hydrogen-bond donors (Lipinski definition) is 2. The highest BCUT2D eigenvalue weighted by molar-refractivity contribution is 7.07. The third-order valence-corrected chi connectivity index (χ3v) is 3.59. The molecule has 0 saturated carbocycles. The molecule has 0 aliphatic heterocycles. The Morgan fingerprint density at radius 1 is 1.67 bits per heavy atom. The van der Waals surface area contributed by atoms with Gasteiger partial charge in [0.1, 0.15) is 12.7 Å². The zero-order valence-electron chi connectivity index (χ0n) is 11.2. The van der Waals surface area contributed by atoms with Gasteiger partial charge >= 0.3 is 5.82 Å². The monoisotopic (exact) mass is 310 g/mol. The van der Waals surface area contributed by atoms with Gasteiger partial charge in [-0.25, -0.2) is 0 Å². The quantitative estimate of drug-likeness (QED) is 0.611. The van der Waals surface area contributed by atoms with Gasteiger partial charge in [-0.1, -0.05) is 0 Å². The third-order valence-electron chi connectivity index (χ3n) is 2.88. The van der Waals surface area contributed by atoms with Crippen LogP contribution in [-0.2, 0) is 11.3 Å². The van der Waals surface area contributed by atoms with Crippen LogP contribution in [0.15, 0.2) is 23.0 Å². The highest BCUT2D eigenvalue weighted by atomic mass is 32.1. The normalized spacial score (nSPS) is 12.1. The summed E-state index contributed by atoms with van der Waals surface area (Å²) in [6.45, 7) is 1.59. The van der Waals surface area contributed by atoms with E-state index in [1.54, 1.807) is 18.4 Å². The van der Waals surface area contributed by atoms with Crippen LogP contribution < -0.4 is 5.32 Å². The van der Waals surface area contributed by atoms with Crippen LogP contribution >= 0.6 is 11.3 Å². The number of aliphatic hydroxyl groups excluding tert-OH is 1. The van der Waals surface area contributed by atoms with Crippen molar-refractivity contribution in [2.75, 3.05) is 6.54 Å². The molecule has 0 fully saturated rings. The van der Waals surface area contributed by atoms with E-state index in [1.165, 1.54) is 22.1 Å². The number of nitro groups is 1. The number of amides is 1. The lowest BCUT2D eigenvalue weighted by atomic mass is 10.2. The maximum Gasteiger partial charge on any atom is 0.381 e. The van der Waals surface area contributed by atoms with E-state index in [1.807, 2.05) is 5.38 Å². The molecule has 8 nitrogen and oxygen atoms in total. The first-order valence-electron chi connectivity index (χ1n) is 6.12. The molecule has 0 aliphatic rings. The summed E-state index contributed by atoms with van der Waals surface area (Å²) >= 11 is 1.46. The molecular weight excluding hydrogens is 296 g/mol. The smallest absolute Gasteiger partial charge is 0.381 e. The predicted molar refractivity (Wildman–Crippen MR) is 75.9 cm³/mol. The van der Waals surface area contributed by atoms with Crippen LogP contribution in [0.3, 0.4) is 0 Å². The van der Waals surface area contributed by atoms with Gasteiger partial charge in [-0.05, 0) is 32.3 Å². The van der Waals surface area contributed by atoms with E-state index in [0.29, 0.717) is 5.82 Å². The zero-order chi connectivity index (χ0) is 15.4. The first-order chi connectivity index (χ1) is 9.97. The summed E-state index contributed by atoms with van der Waals surface area (Å²) < 4.78 is 1.39. The number of carbonyl (C=O) groups is 1. The van der Waals surface area contributed by atoms with Crippen molar-refractivity contribution in [1.82, 2.24) is 14.9 Å². The van der Waals surface area contributed by atoms with Crippen molar-refractivity contribution in [2.45, 2.75) is 19.6 Å². The van der Waals surface area contributed by atoms with Crippen molar-refractivity contribution in [3.05, 3.63) is 44.5 Å². The van der Waals surface area contributed by atoms with Crippen LogP contribution in [0.1, 0.15) is 17.5 Å². The topological polar surface area (TPSA) is 110 Å². The molecule has 21 heavy (non-hydrogen) atoms. The number of hydrogen-bond acceptors (Lipinski definition) is 6. The zero-order valence-corrected chi connectivity index (χ0v) is 12.0. The van der Waals surface area contributed by atoms with Gasteiger partial charge < -0.3 is 20.5 Å². The van der Waals surface area contributed by atoms with Gasteiger partial charge in [0, 0.05) is 13.5 Å². The molecule has 2 N–H and O–H groups in total. The average molecular weight is 310 g/mol. The second-order valence-corrected chi connectivity index (χ2v) is 5.19. The van der Waals surface area contributed by atoms with Crippen molar-refractivity contribution < 1.29 is 14.8 Å². The van der Waals surface area contributed by atoms with Gasteiger partial charge in [-0.2, -0.15) is 11.3 Å². The Bertz CT molecular complexity index is 638. The van der Waals surface area contributed by atoms with Gasteiger partial charge in [0.15, 0.2) is 0 Å². The van der Waals surface area contributed by atoms with E-state index in [9.17, 15) is 20.0 Å². The highest BCUT2D eigenvalue weighted by Crippen LogP contribution is 2.15. The number of thiophene rings is 1. The van der Waals surface area contributed by atoms with Crippen LogP contribution in [0, 0.1) is 17.0 Å². The molecule has 1 unspecified atom stereocenters. The van der Waals surface area contributed by atoms with E-state index in [-0.39, 0.29) is 24.8 Å². The Morgan fingerprint density at radius 3 is 3.00 bits per heavy atom. The van der Waals surface area contributed by atoms with Crippen molar-refractivity contribution in [3.8, 4) is 0 Å². The molecule has 1 amide bonds. The fourth-order valence-electron chi connectivity index (χ4n) is 1.74. The highest BCUT2D eigenvalue weighted by Gasteiger charge is 2.17. The van der Waals surface area contributed by atoms with Gasteiger partial charge in [0.2, 0.25) is 11.7 Å². The maximum atomic E-state index is 11.8. The number of rotatable bonds is 6. The number of nitrogens with zero attached hydrogens (tertiary/aromatic N) is 3. The summed E-state index contributed by atoms with van der Waals surface area (Å²) in [5, 5.41) is 26.7. The number of aromatic nitrogens is 2. The molecular formula is C12H14N4O4S. The number of carbonyl (C=O) groups excluding carboxylic acids is 1. The third kappa shape index (κ3) is 3.86. The van der Waals surface area contributed by atoms with Gasteiger partial charge in [-0.3, -0.25) is 9.36 Å². The van der Waals surface area contributed by atoms with E-state index in [4.69, 9.17) is 0 Å². The van der Waals surface area contributed by atoms with Crippen LogP contribution in [-0.4, -0.2) is 32.0 Å². The fourth-order valence-corrected chi connectivity index (χ4v) is 2.45. The molecule has 0 aliphatic carbocycles. The first-order valence-corrected chi connectivity index (χ1v) is 7.06. The van der Waals surface area contributed by atoms with Crippen LogP contribution in [0.25, 0.3) is 0 Å². The second kappa shape index (κ2) is 6.46. The molecule has 0 spiro atoms. The minimum atomic E-state index is -0.765. The molecule has 0 saturated heterocycles. The average Bonchev–Trinajstić information content (AvgIpc) is 3.07. The lowest BCUT2D eigenvalue weighted by molar-refractivity contribution is -0.389. The minimum absolute atomic E-state index is 0.0803.